The van der Waals surface area contributed by atoms with Crippen molar-refractivity contribution in [2.45, 2.75) is 32.9 Å². The van der Waals surface area contributed by atoms with Crippen LogP contribution < -0.4 is 5.32 Å². The fourth-order valence-electron chi connectivity index (χ4n) is 2.30. The third kappa shape index (κ3) is 3.48. The summed E-state index contributed by atoms with van der Waals surface area (Å²) in [5.41, 5.74) is 2.06. The minimum atomic E-state index is -0.505. The third-order valence-corrected chi connectivity index (χ3v) is 3.54. The van der Waals surface area contributed by atoms with Crippen molar-refractivity contribution < 1.29 is 9.50 Å². The molecule has 24 heavy (non-hydrogen) atoms. The molecule has 0 spiro atoms. The number of aryl methyl sites for hydroxylation is 1. The van der Waals surface area contributed by atoms with Gasteiger partial charge in [0.25, 0.3) is 0 Å². The topological polar surface area (TPSA) is 88.8 Å². The van der Waals surface area contributed by atoms with Crippen LogP contribution in [0.25, 0.3) is 11.2 Å². The number of hydrogen-bond acceptors (Lipinski definition) is 6. The van der Waals surface area contributed by atoms with E-state index in [0.717, 1.165) is 5.56 Å². The summed E-state index contributed by atoms with van der Waals surface area (Å²) in [6.07, 6.45) is 0.162. The summed E-state index contributed by atoms with van der Waals surface area (Å²) in [5, 5.41) is 20.8. The highest BCUT2D eigenvalue weighted by Gasteiger charge is 2.14. The Labute approximate surface area is 138 Å². The summed E-state index contributed by atoms with van der Waals surface area (Å²) in [4.78, 5) is 8.93. The van der Waals surface area contributed by atoms with Gasteiger partial charge in [0.15, 0.2) is 17.0 Å². The summed E-state index contributed by atoms with van der Waals surface area (Å²) in [6, 6.07) is 6.24. The van der Waals surface area contributed by atoms with Gasteiger partial charge in [-0.25, -0.2) is 19.0 Å². The van der Waals surface area contributed by atoms with Gasteiger partial charge in [-0.05, 0) is 24.6 Å². The molecule has 0 radical (unpaired) electrons. The molecule has 3 rings (SSSR count). The van der Waals surface area contributed by atoms with Crippen molar-refractivity contribution in [3.63, 3.8) is 0 Å². The van der Waals surface area contributed by atoms with Crippen molar-refractivity contribution in [3.8, 4) is 0 Å². The molecule has 0 saturated carbocycles. The van der Waals surface area contributed by atoms with E-state index in [1.54, 1.807) is 23.7 Å². The number of benzene rings is 1. The average molecular weight is 330 g/mol. The quantitative estimate of drug-likeness (QED) is 0.716. The monoisotopic (exact) mass is 330 g/mol. The first-order chi connectivity index (χ1) is 11.6. The molecule has 126 valence electrons. The van der Waals surface area contributed by atoms with Crippen molar-refractivity contribution >= 4 is 17.0 Å². The highest BCUT2D eigenvalue weighted by molar-refractivity contribution is 5.82. The van der Waals surface area contributed by atoms with E-state index in [9.17, 15) is 9.50 Å². The normalized spacial score (nSPS) is 12.5. The van der Waals surface area contributed by atoms with Crippen molar-refractivity contribution in [2.75, 3.05) is 11.9 Å². The first-order valence-electron chi connectivity index (χ1n) is 7.83. The zero-order chi connectivity index (χ0) is 17.1. The maximum absolute atomic E-state index is 13.0. The van der Waals surface area contributed by atoms with Crippen molar-refractivity contribution in [3.05, 3.63) is 41.5 Å². The SMILES string of the molecule is CCc1nc(NC[C@H](C)O)c2nnn(Cc3ccc(F)cc3)c2n1. The van der Waals surface area contributed by atoms with E-state index in [2.05, 4.69) is 25.6 Å². The molecule has 0 aliphatic heterocycles. The molecule has 2 N–H and O–H groups in total. The van der Waals surface area contributed by atoms with E-state index in [0.29, 0.717) is 42.3 Å². The van der Waals surface area contributed by atoms with E-state index in [4.69, 9.17) is 0 Å². The second-order valence-corrected chi connectivity index (χ2v) is 5.62. The van der Waals surface area contributed by atoms with Crippen LogP contribution in [0, 0.1) is 5.82 Å². The lowest BCUT2D eigenvalue weighted by Crippen LogP contribution is -2.17. The zero-order valence-electron chi connectivity index (χ0n) is 13.6. The maximum Gasteiger partial charge on any atom is 0.184 e. The number of anilines is 1. The molecule has 0 saturated heterocycles. The molecule has 1 aromatic carbocycles. The van der Waals surface area contributed by atoms with Crippen molar-refractivity contribution in [1.29, 1.82) is 0 Å². The molecule has 7 nitrogen and oxygen atoms in total. The number of fused-ring (bicyclic) bond motifs is 1. The van der Waals surface area contributed by atoms with Gasteiger partial charge in [0.2, 0.25) is 0 Å². The number of aliphatic hydroxyl groups is 1. The maximum atomic E-state index is 13.0. The summed E-state index contributed by atoms with van der Waals surface area (Å²) in [6.45, 7) is 4.46. The standard InChI is InChI=1S/C16H19FN6O/c1-3-13-19-15(18-8-10(2)24)14-16(20-13)23(22-21-14)9-11-4-6-12(17)7-5-11/h4-7,10,24H,3,8-9H2,1-2H3,(H,18,19,20)/t10-/m0/s1. The van der Waals surface area contributed by atoms with Gasteiger partial charge in [0, 0.05) is 13.0 Å². The molecule has 2 heterocycles. The third-order valence-electron chi connectivity index (χ3n) is 3.54. The first kappa shape index (κ1) is 16.3. The lowest BCUT2D eigenvalue weighted by molar-refractivity contribution is 0.208. The predicted octanol–water partition coefficient (Wildman–Crippen LogP) is 1.76. The predicted molar refractivity (Wildman–Crippen MR) is 88.2 cm³/mol. The van der Waals surface area contributed by atoms with E-state index in [1.807, 2.05) is 6.92 Å². The van der Waals surface area contributed by atoms with Gasteiger partial charge in [0.05, 0.1) is 12.6 Å². The van der Waals surface area contributed by atoms with Crippen molar-refractivity contribution in [1.82, 2.24) is 25.0 Å². The fourth-order valence-corrected chi connectivity index (χ4v) is 2.30. The highest BCUT2D eigenvalue weighted by atomic mass is 19.1. The molecular formula is C16H19FN6O. The lowest BCUT2D eigenvalue weighted by atomic mass is 10.2. The number of halogens is 1. The fraction of sp³-hybridized carbons (Fsp3) is 0.375. The van der Waals surface area contributed by atoms with E-state index in [-0.39, 0.29) is 5.82 Å². The Hall–Kier alpha value is -2.61. The molecule has 0 unspecified atom stereocenters. The second-order valence-electron chi connectivity index (χ2n) is 5.62. The van der Waals surface area contributed by atoms with Gasteiger partial charge in [-0.15, -0.1) is 5.10 Å². The molecular weight excluding hydrogens is 311 g/mol. The van der Waals surface area contributed by atoms with Crippen LogP contribution in [0.15, 0.2) is 24.3 Å². The largest absolute Gasteiger partial charge is 0.392 e. The second kappa shape index (κ2) is 6.88. The Bertz CT molecular complexity index is 830. The molecule has 8 heteroatoms. The summed E-state index contributed by atoms with van der Waals surface area (Å²) in [7, 11) is 0. The van der Waals surface area contributed by atoms with Crippen LogP contribution >= 0.6 is 0 Å². The lowest BCUT2D eigenvalue weighted by Gasteiger charge is -2.09. The Morgan fingerprint density at radius 1 is 1.25 bits per heavy atom. The Balaban J connectivity index is 1.97. The molecule has 0 amide bonds. The average Bonchev–Trinajstić information content (AvgIpc) is 2.97. The molecule has 1 atom stereocenters. The molecule has 2 aromatic heterocycles. The van der Waals surface area contributed by atoms with Crippen LogP contribution in [0.1, 0.15) is 25.2 Å². The Kier molecular flexibility index (Phi) is 4.66. The molecule has 0 bridgehead atoms. The highest BCUT2D eigenvalue weighted by Crippen LogP contribution is 2.19. The number of nitrogens with zero attached hydrogens (tertiary/aromatic N) is 5. The van der Waals surface area contributed by atoms with Crippen LogP contribution in [0.4, 0.5) is 10.2 Å². The van der Waals surface area contributed by atoms with E-state index < -0.39 is 6.10 Å². The minimum Gasteiger partial charge on any atom is -0.392 e. The summed E-state index contributed by atoms with van der Waals surface area (Å²) in [5.74, 6) is 0.948. The molecule has 0 fully saturated rings. The van der Waals surface area contributed by atoms with Crippen LogP contribution in [-0.4, -0.2) is 42.7 Å². The van der Waals surface area contributed by atoms with Crippen LogP contribution in [0.3, 0.4) is 0 Å². The Morgan fingerprint density at radius 2 is 2.00 bits per heavy atom. The minimum absolute atomic E-state index is 0.276. The van der Waals surface area contributed by atoms with Gasteiger partial charge >= 0.3 is 0 Å². The summed E-state index contributed by atoms with van der Waals surface area (Å²) < 4.78 is 14.7. The number of aromatic nitrogens is 5. The van der Waals surface area contributed by atoms with Gasteiger partial charge in [-0.3, -0.25) is 0 Å². The van der Waals surface area contributed by atoms with Gasteiger partial charge < -0.3 is 10.4 Å². The van der Waals surface area contributed by atoms with Crippen LogP contribution in [-0.2, 0) is 13.0 Å². The number of nitrogens with one attached hydrogen (secondary N) is 1. The van der Waals surface area contributed by atoms with E-state index >= 15 is 0 Å². The summed E-state index contributed by atoms with van der Waals surface area (Å²) >= 11 is 0. The Morgan fingerprint density at radius 3 is 2.67 bits per heavy atom. The van der Waals surface area contributed by atoms with E-state index in [1.165, 1.54) is 12.1 Å². The van der Waals surface area contributed by atoms with Crippen LogP contribution in [0.5, 0.6) is 0 Å². The molecule has 0 aliphatic rings. The first-order valence-corrected chi connectivity index (χ1v) is 7.83. The van der Waals surface area contributed by atoms with Gasteiger partial charge in [-0.2, -0.15) is 0 Å². The number of aliphatic hydroxyl groups excluding tert-OH is 1. The van der Waals surface area contributed by atoms with Crippen LogP contribution in [0.2, 0.25) is 0 Å². The zero-order valence-corrected chi connectivity index (χ0v) is 13.6. The smallest absolute Gasteiger partial charge is 0.184 e. The van der Waals surface area contributed by atoms with Gasteiger partial charge in [0.1, 0.15) is 11.6 Å². The number of rotatable bonds is 6. The molecule has 3 aromatic rings. The van der Waals surface area contributed by atoms with Gasteiger partial charge in [-0.1, -0.05) is 24.3 Å². The molecule has 0 aliphatic carbocycles. The number of hydrogen-bond donors (Lipinski definition) is 2. The van der Waals surface area contributed by atoms with Crippen molar-refractivity contribution in [2.24, 2.45) is 0 Å².